The molecule has 0 bridgehead atoms. The fourth-order valence-corrected chi connectivity index (χ4v) is 3.75. The van der Waals surface area contributed by atoms with Crippen molar-refractivity contribution in [3.8, 4) is 0 Å². The summed E-state index contributed by atoms with van der Waals surface area (Å²) in [5.74, 6) is 0.931. The van der Waals surface area contributed by atoms with Crippen molar-refractivity contribution in [3.05, 3.63) is 11.5 Å². The topological polar surface area (TPSA) is 75.4 Å². The van der Waals surface area contributed by atoms with Crippen LogP contribution in [0.1, 0.15) is 24.3 Å². The van der Waals surface area contributed by atoms with Gasteiger partial charge in [0.25, 0.3) is 0 Å². The van der Waals surface area contributed by atoms with Gasteiger partial charge < -0.3 is 9.42 Å². The van der Waals surface area contributed by atoms with Gasteiger partial charge in [0.05, 0.1) is 0 Å². The Bertz CT molecular complexity index is 525. The first-order valence-electron chi connectivity index (χ1n) is 6.42. The molecule has 1 N–H and O–H groups in total. The number of hydrogen-bond acceptors (Lipinski definition) is 5. The largest absolute Gasteiger partial charge is 0.360 e. The predicted octanol–water partition coefficient (Wildman–Crippen LogP) is 0.910. The second kappa shape index (κ2) is 5.22. The quantitative estimate of drug-likeness (QED) is 0.841. The monoisotopic (exact) mass is 287 g/mol. The smallest absolute Gasteiger partial charge is 0.246 e. The molecule has 7 heteroatoms. The Balaban J connectivity index is 2.09. The predicted molar refractivity (Wildman–Crippen MR) is 71.4 cm³/mol. The van der Waals surface area contributed by atoms with Gasteiger partial charge in [0, 0.05) is 12.6 Å². The van der Waals surface area contributed by atoms with E-state index in [-0.39, 0.29) is 10.9 Å². The Kier molecular flexibility index (Phi) is 3.98. The molecular weight excluding hydrogens is 266 g/mol. The van der Waals surface area contributed by atoms with Crippen molar-refractivity contribution in [1.82, 2.24) is 14.8 Å². The number of nitrogens with one attached hydrogen (secondary N) is 1. The highest BCUT2D eigenvalue weighted by Crippen LogP contribution is 2.34. The highest BCUT2D eigenvalue weighted by atomic mass is 32.2. The minimum absolute atomic E-state index is 0.167. The van der Waals surface area contributed by atoms with Crippen molar-refractivity contribution in [3.63, 3.8) is 0 Å². The molecular formula is C12H21N3O3S. The molecule has 1 aliphatic rings. The van der Waals surface area contributed by atoms with Crippen molar-refractivity contribution in [2.45, 2.75) is 37.6 Å². The second-order valence-corrected chi connectivity index (χ2v) is 7.08. The molecule has 0 aromatic carbocycles. The molecule has 0 saturated heterocycles. The molecule has 1 heterocycles. The van der Waals surface area contributed by atoms with Crippen LogP contribution in [0.5, 0.6) is 0 Å². The van der Waals surface area contributed by atoms with E-state index < -0.39 is 10.0 Å². The summed E-state index contributed by atoms with van der Waals surface area (Å²) >= 11 is 0. The molecule has 0 amide bonds. The lowest BCUT2D eigenvalue weighted by molar-refractivity contribution is 0.265. The van der Waals surface area contributed by atoms with Gasteiger partial charge in [-0.25, -0.2) is 13.1 Å². The van der Waals surface area contributed by atoms with E-state index in [1.165, 1.54) is 12.8 Å². The maximum absolute atomic E-state index is 12.3. The molecule has 6 nitrogen and oxygen atoms in total. The van der Waals surface area contributed by atoms with Crippen LogP contribution in [-0.2, 0) is 10.0 Å². The molecule has 1 aromatic rings. The lowest BCUT2D eigenvalue weighted by Crippen LogP contribution is -2.41. The zero-order chi connectivity index (χ0) is 14.2. The van der Waals surface area contributed by atoms with E-state index in [1.807, 2.05) is 14.1 Å². The average Bonchev–Trinajstić information content (AvgIpc) is 3.04. The van der Waals surface area contributed by atoms with Crippen molar-refractivity contribution in [2.24, 2.45) is 5.92 Å². The maximum Gasteiger partial charge on any atom is 0.246 e. The molecule has 1 aromatic heterocycles. The zero-order valence-corrected chi connectivity index (χ0v) is 12.6. The Labute approximate surface area is 114 Å². The molecule has 1 saturated carbocycles. The van der Waals surface area contributed by atoms with Crippen LogP contribution in [-0.4, -0.2) is 45.2 Å². The highest BCUT2D eigenvalue weighted by molar-refractivity contribution is 7.89. The van der Waals surface area contributed by atoms with Gasteiger partial charge in [-0.15, -0.1) is 0 Å². The van der Waals surface area contributed by atoms with Gasteiger partial charge in [0.2, 0.25) is 10.0 Å². The minimum Gasteiger partial charge on any atom is -0.360 e. The first kappa shape index (κ1) is 14.5. The van der Waals surface area contributed by atoms with Crippen LogP contribution in [0.25, 0.3) is 0 Å². The van der Waals surface area contributed by atoms with Gasteiger partial charge in [0.15, 0.2) is 5.76 Å². The molecule has 0 spiro atoms. The van der Waals surface area contributed by atoms with Gasteiger partial charge in [-0.1, -0.05) is 5.16 Å². The van der Waals surface area contributed by atoms with Crippen LogP contribution in [0, 0.1) is 19.8 Å². The molecule has 1 aliphatic carbocycles. The molecule has 2 rings (SSSR count). The Morgan fingerprint density at radius 3 is 2.47 bits per heavy atom. The summed E-state index contributed by atoms with van der Waals surface area (Å²) in [6.07, 6.45) is 2.35. The molecule has 108 valence electrons. The second-order valence-electron chi connectivity index (χ2n) is 5.37. The lowest BCUT2D eigenvalue weighted by Gasteiger charge is -2.24. The van der Waals surface area contributed by atoms with E-state index in [2.05, 4.69) is 14.8 Å². The van der Waals surface area contributed by atoms with Crippen molar-refractivity contribution in [1.29, 1.82) is 0 Å². The number of hydrogen-bond donors (Lipinski definition) is 1. The van der Waals surface area contributed by atoms with E-state index in [0.29, 0.717) is 23.9 Å². The van der Waals surface area contributed by atoms with Crippen LogP contribution < -0.4 is 4.72 Å². The first-order chi connectivity index (χ1) is 8.83. The van der Waals surface area contributed by atoms with E-state index >= 15 is 0 Å². The highest BCUT2D eigenvalue weighted by Gasteiger charge is 2.34. The van der Waals surface area contributed by atoms with Gasteiger partial charge in [-0.05, 0) is 46.7 Å². The van der Waals surface area contributed by atoms with Gasteiger partial charge in [-0.2, -0.15) is 0 Å². The van der Waals surface area contributed by atoms with Crippen LogP contribution in [0.3, 0.4) is 0 Å². The van der Waals surface area contributed by atoms with Gasteiger partial charge in [0.1, 0.15) is 10.6 Å². The number of likely N-dealkylation sites (N-methyl/N-ethyl adjacent to an activating group) is 1. The van der Waals surface area contributed by atoms with Crippen LogP contribution >= 0.6 is 0 Å². The fraction of sp³-hybridized carbons (Fsp3) is 0.750. The third-order valence-corrected chi connectivity index (χ3v) is 5.22. The molecule has 0 unspecified atom stereocenters. The van der Waals surface area contributed by atoms with E-state index in [9.17, 15) is 8.42 Å². The number of aromatic nitrogens is 1. The minimum atomic E-state index is -3.55. The van der Waals surface area contributed by atoms with Gasteiger partial charge >= 0.3 is 0 Å². The van der Waals surface area contributed by atoms with E-state index in [4.69, 9.17) is 4.52 Å². The van der Waals surface area contributed by atoms with Gasteiger partial charge in [-0.3, -0.25) is 0 Å². The first-order valence-corrected chi connectivity index (χ1v) is 7.90. The number of aryl methyl sites for hydroxylation is 2. The van der Waals surface area contributed by atoms with Crippen LogP contribution in [0.15, 0.2) is 9.42 Å². The molecule has 1 fully saturated rings. The third-order valence-electron chi connectivity index (χ3n) is 3.55. The number of rotatable bonds is 6. The Morgan fingerprint density at radius 1 is 1.42 bits per heavy atom. The summed E-state index contributed by atoms with van der Waals surface area (Å²) in [6, 6.07) is 0.246. The summed E-state index contributed by atoms with van der Waals surface area (Å²) in [5, 5.41) is 3.69. The summed E-state index contributed by atoms with van der Waals surface area (Å²) < 4.78 is 32.1. The zero-order valence-electron chi connectivity index (χ0n) is 11.8. The summed E-state index contributed by atoms with van der Waals surface area (Å²) in [4.78, 5) is 2.24. The molecule has 19 heavy (non-hydrogen) atoms. The standard InChI is InChI=1S/C12H21N3O3S/c1-8-12(9(2)18-14-8)19(16,17)13-7-11(15(3)4)10-5-6-10/h10-11,13H,5-7H2,1-4H3/t11-/m1/s1. The number of nitrogens with zero attached hydrogens (tertiary/aromatic N) is 2. The lowest BCUT2D eigenvalue weighted by atomic mass is 10.2. The summed E-state index contributed by atoms with van der Waals surface area (Å²) in [6.45, 7) is 3.67. The van der Waals surface area contributed by atoms with E-state index in [0.717, 1.165) is 0 Å². The van der Waals surface area contributed by atoms with Crippen LogP contribution in [0.4, 0.5) is 0 Å². The molecule has 1 atom stereocenters. The van der Waals surface area contributed by atoms with Crippen LogP contribution in [0.2, 0.25) is 0 Å². The third kappa shape index (κ3) is 3.16. The van der Waals surface area contributed by atoms with E-state index in [1.54, 1.807) is 13.8 Å². The van der Waals surface area contributed by atoms with Crippen molar-refractivity contribution >= 4 is 10.0 Å². The number of sulfonamides is 1. The normalized spacial score (nSPS) is 17.9. The van der Waals surface area contributed by atoms with Crippen molar-refractivity contribution in [2.75, 3.05) is 20.6 Å². The molecule has 0 aliphatic heterocycles. The fourth-order valence-electron chi connectivity index (χ4n) is 2.38. The average molecular weight is 287 g/mol. The summed E-state index contributed by atoms with van der Waals surface area (Å²) in [5.41, 5.74) is 0.401. The molecule has 0 radical (unpaired) electrons. The Morgan fingerprint density at radius 2 is 2.05 bits per heavy atom. The Hall–Kier alpha value is -0.920. The summed E-state index contributed by atoms with van der Waals surface area (Å²) in [7, 11) is 0.413. The maximum atomic E-state index is 12.3. The SMILES string of the molecule is Cc1noc(C)c1S(=O)(=O)NC[C@H](C1CC1)N(C)C. The van der Waals surface area contributed by atoms with Crippen molar-refractivity contribution < 1.29 is 12.9 Å².